The molecule has 0 bridgehead atoms. The second kappa shape index (κ2) is 8.28. The Kier molecular flexibility index (Phi) is 5.55. The number of hydrogen-bond acceptors (Lipinski definition) is 4. The molecule has 5 nitrogen and oxygen atoms in total. The van der Waals surface area contributed by atoms with Crippen molar-refractivity contribution in [2.45, 2.75) is 20.1 Å². The molecule has 0 atom stereocenters. The van der Waals surface area contributed by atoms with E-state index in [0.29, 0.717) is 18.2 Å². The van der Waals surface area contributed by atoms with Crippen LogP contribution in [-0.4, -0.2) is 27.9 Å². The molecule has 0 radical (unpaired) electrons. The summed E-state index contributed by atoms with van der Waals surface area (Å²) in [5.74, 6) is -1.14. The molecule has 2 heterocycles. The number of aromatic nitrogens is 1. The molecule has 2 aromatic carbocycles. The van der Waals surface area contributed by atoms with Gasteiger partial charge in [0.1, 0.15) is 29.9 Å². The lowest BCUT2D eigenvalue weighted by molar-refractivity contribution is 0.0941. The number of aliphatic imine (C=N–C) groups is 1. The first kappa shape index (κ1) is 20.1. The summed E-state index contributed by atoms with van der Waals surface area (Å²) in [5, 5.41) is 1.27. The van der Waals surface area contributed by atoms with Crippen molar-refractivity contribution in [3.63, 3.8) is 0 Å². The van der Waals surface area contributed by atoms with Crippen molar-refractivity contribution >= 4 is 34.3 Å². The Balaban J connectivity index is 1.40. The van der Waals surface area contributed by atoms with E-state index < -0.39 is 11.6 Å². The number of hydrogen-bond donors (Lipinski definition) is 0. The van der Waals surface area contributed by atoms with Crippen molar-refractivity contribution in [2.24, 2.45) is 4.99 Å². The molecule has 0 N–H and O–H groups in total. The van der Waals surface area contributed by atoms with Gasteiger partial charge in [-0.2, -0.15) is 0 Å². The molecular weight excluding hydrogens is 412 g/mol. The van der Waals surface area contributed by atoms with Gasteiger partial charge in [-0.1, -0.05) is 17.7 Å². The molecule has 154 valence electrons. The molecule has 1 aliphatic rings. The monoisotopic (exact) mass is 429 g/mol. The van der Waals surface area contributed by atoms with E-state index in [1.165, 1.54) is 19.1 Å². The number of fused-ring (bicyclic) bond motifs is 1. The first-order valence-electron chi connectivity index (χ1n) is 9.24. The molecule has 3 aromatic rings. The molecule has 0 saturated carbocycles. The van der Waals surface area contributed by atoms with Crippen molar-refractivity contribution in [3.05, 3.63) is 82.7 Å². The van der Waals surface area contributed by atoms with Crippen molar-refractivity contribution < 1.29 is 18.3 Å². The average Bonchev–Trinajstić information content (AvgIpc) is 3.12. The number of carbonyl (C=O) groups excluding carboxylic acids is 1. The fourth-order valence-corrected chi connectivity index (χ4v) is 3.53. The van der Waals surface area contributed by atoms with E-state index in [9.17, 15) is 13.6 Å². The standard InChI is InChI=1S/C22H18ClF2N3O2/c1-14(29)28-7-6-16-8-15(2-5-21(16)28)10-27-11-19(23)22(26-13-27)30-12-17-3-4-18(24)9-20(17)25/h2-9,11H,10,12-13H2,1H3. The minimum absolute atomic E-state index is 0.0362. The van der Waals surface area contributed by atoms with E-state index in [0.717, 1.165) is 22.5 Å². The molecule has 1 aromatic heterocycles. The highest BCUT2D eigenvalue weighted by Crippen LogP contribution is 2.21. The zero-order chi connectivity index (χ0) is 21.3. The Hall–Kier alpha value is -3.19. The van der Waals surface area contributed by atoms with Gasteiger partial charge in [0.25, 0.3) is 0 Å². The fourth-order valence-electron chi connectivity index (χ4n) is 3.28. The molecule has 0 unspecified atom stereocenters. The molecule has 0 aliphatic carbocycles. The third kappa shape index (κ3) is 4.21. The first-order valence-corrected chi connectivity index (χ1v) is 9.62. The van der Waals surface area contributed by atoms with Crippen LogP contribution in [0.4, 0.5) is 8.78 Å². The van der Waals surface area contributed by atoms with Crippen LogP contribution in [0.5, 0.6) is 0 Å². The average molecular weight is 430 g/mol. The number of benzene rings is 2. The van der Waals surface area contributed by atoms with Gasteiger partial charge in [0.2, 0.25) is 11.8 Å². The van der Waals surface area contributed by atoms with Crippen LogP contribution in [0.15, 0.2) is 64.9 Å². The van der Waals surface area contributed by atoms with Crippen LogP contribution in [0.1, 0.15) is 22.8 Å². The highest BCUT2D eigenvalue weighted by Gasteiger charge is 2.16. The normalized spacial score (nSPS) is 13.9. The first-order chi connectivity index (χ1) is 14.4. The molecule has 4 rings (SSSR count). The van der Waals surface area contributed by atoms with Crippen LogP contribution < -0.4 is 0 Å². The van der Waals surface area contributed by atoms with Crippen molar-refractivity contribution in [2.75, 3.05) is 6.67 Å². The van der Waals surface area contributed by atoms with Gasteiger partial charge in [-0.3, -0.25) is 9.36 Å². The van der Waals surface area contributed by atoms with Crippen LogP contribution in [0.2, 0.25) is 0 Å². The zero-order valence-electron chi connectivity index (χ0n) is 16.1. The van der Waals surface area contributed by atoms with Gasteiger partial charge in [-0.15, -0.1) is 0 Å². The second-order valence-corrected chi connectivity index (χ2v) is 7.36. The summed E-state index contributed by atoms with van der Waals surface area (Å²) >= 11 is 6.28. The Labute approximate surface area is 176 Å². The Morgan fingerprint density at radius 2 is 2.03 bits per heavy atom. The van der Waals surface area contributed by atoms with Crippen molar-refractivity contribution in [1.82, 2.24) is 9.47 Å². The smallest absolute Gasteiger partial charge is 0.231 e. The van der Waals surface area contributed by atoms with E-state index in [-0.39, 0.29) is 24.0 Å². The van der Waals surface area contributed by atoms with Crippen LogP contribution in [-0.2, 0) is 17.9 Å². The van der Waals surface area contributed by atoms with Crippen molar-refractivity contribution in [3.8, 4) is 0 Å². The summed E-state index contributed by atoms with van der Waals surface area (Å²) < 4.78 is 33.8. The maximum absolute atomic E-state index is 13.7. The van der Waals surface area contributed by atoms with Gasteiger partial charge in [0.15, 0.2) is 0 Å². The summed E-state index contributed by atoms with van der Waals surface area (Å²) in [6.07, 6.45) is 3.47. The molecule has 30 heavy (non-hydrogen) atoms. The fraction of sp³-hybridized carbons (Fsp3) is 0.182. The third-order valence-corrected chi connectivity index (χ3v) is 5.01. The summed E-state index contributed by atoms with van der Waals surface area (Å²) in [5.41, 5.74) is 2.12. The van der Waals surface area contributed by atoms with Gasteiger partial charge in [0, 0.05) is 42.9 Å². The topological polar surface area (TPSA) is 46.8 Å². The number of carbonyl (C=O) groups is 1. The zero-order valence-corrected chi connectivity index (χ0v) is 16.9. The summed E-state index contributed by atoms with van der Waals surface area (Å²) in [6, 6.07) is 11.1. The van der Waals surface area contributed by atoms with Crippen molar-refractivity contribution in [1.29, 1.82) is 0 Å². The molecule has 0 amide bonds. The largest absolute Gasteiger partial charge is 0.472 e. The molecule has 0 spiro atoms. The van der Waals surface area contributed by atoms with Gasteiger partial charge in [-0.05, 0) is 35.9 Å². The highest BCUT2D eigenvalue weighted by molar-refractivity contribution is 6.42. The Morgan fingerprint density at radius 3 is 2.77 bits per heavy atom. The molecule has 0 saturated heterocycles. The number of ether oxygens (including phenoxy) is 1. The third-order valence-electron chi connectivity index (χ3n) is 4.76. The van der Waals surface area contributed by atoms with E-state index in [4.69, 9.17) is 16.3 Å². The van der Waals surface area contributed by atoms with Gasteiger partial charge < -0.3 is 9.64 Å². The van der Waals surface area contributed by atoms with E-state index in [2.05, 4.69) is 4.99 Å². The van der Waals surface area contributed by atoms with Crippen LogP contribution in [0.25, 0.3) is 10.9 Å². The van der Waals surface area contributed by atoms with Gasteiger partial charge in [-0.25, -0.2) is 13.8 Å². The number of halogens is 3. The number of rotatable bonds is 4. The van der Waals surface area contributed by atoms with E-state index in [1.54, 1.807) is 17.0 Å². The molecular formula is C22H18ClF2N3O2. The van der Waals surface area contributed by atoms with Crippen LogP contribution >= 0.6 is 11.6 Å². The summed E-state index contributed by atoms with van der Waals surface area (Å²) in [4.78, 5) is 17.9. The minimum atomic E-state index is -0.679. The second-order valence-electron chi connectivity index (χ2n) is 6.95. The Morgan fingerprint density at radius 1 is 1.20 bits per heavy atom. The predicted octanol–water partition coefficient (Wildman–Crippen LogP) is 5.05. The van der Waals surface area contributed by atoms with E-state index >= 15 is 0 Å². The van der Waals surface area contributed by atoms with Crippen LogP contribution in [0, 0.1) is 11.6 Å². The summed E-state index contributed by atoms with van der Waals surface area (Å²) in [7, 11) is 0. The minimum Gasteiger partial charge on any atom is -0.472 e. The quantitative estimate of drug-likeness (QED) is 0.583. The lowest BCUT2D eigenvalue weighted by Gasteiger charge is -2.23. The molecule has 8 heteroatoms. The lowest BCUT2D eigenvalue weighted by Crippen LogP contribution is -2.24. The maximum Gasteiger partial charge on any atom is 0.231 e. The Bertz CT molecular complexity index is 1190. The van der Waals surface area contributed by atoms with E-state index in [1.807, 2.05) is 29.2 Å². The number of nitrogens with zero attached hydrogens (tertiary/aromatic N) is 3. The molecule has 0 fully saturated rings. The molecule has 1 aliphatic heterocycles. The predicted molar refractivity (Wildman–Crippen MR) is 111 cm³/mol. The van der Waals surface area contributed by atoms with Gasteiger partial charge in [0.05, 0.1) is 5.52 Å². The lowest BCUT2D eigenvalue weighted by atomic mass is 10.1. The van der Waals surface area contributed by atoms with Crippen LogP contribution in [0.3, 0.4) is 0 Å². The highest BCUT2D eigenvalue weighted by atomic mass is 35.5. The summed E-state index contributed by atoms with van der Waals surface area (Å²) in [6.45, 7) is 2.32. The van der Waals surface area contributed by atoms with Gasteiger partial charge >= 0.3 is 0 Å². The maximum atomic E-state index is 13.7. The SMILES string of the molecule is CC(=O)n1ccc2cc(CN3C=C(Cl)C(OCc4ccc(F)cc4F)=NC3)ccc21.